The number of piperazine rings is 1. The summed E-state index contributed by atoms with van der Waals surface area (Å²) in [7, 11) is 3.22. The van der Waals surface area contributed by atoms with Gasteiger partial charge >= 0.3 is 0 Å². The van der Waals surface area contributed by atoms with Crippen LogP contribution < -0.4 is 14.8 Å². The Kier molecular flexibility index (Phi) is 8.51. The number of fused-ring (bicyclic) bond motifs is 1. The maximum atomic E-state index is 13.4. The number of rotatable bonds is 4. The molecular weight excluding hydrogens is 437 g/mol. The van der Waals surface area contributed by atoms with Crippen LogP contribution in [0.25, 0.3) is 22.2 Å². The molecule has 1 amide bonds. The molecular formula is C23H27Cl2N3O3. The van der Waals surface area contributed by atoms with Crippen LogP contribution in [0.2, 0.25) is 0 Å². The third-order valence-electron chi connectivity index (χ3n) is 5.28. The van der Waals surface area contributed by atoms with E-state index in [0.29, 0.717) is 30.2 Å². The zero-order chi connectivity index (χ0) is 20.4. The molecule has 31 heavy (non-hydrogen) atoms. The van der Waals surface area contributed by atoms with Crippen molar-refractivity contribution in [3.63, 3.8) is 0 Å². The molecule has 1 N–H and O–H groups in total. The van der Waals surface area contributed by atoms with Crippen LogP contribution >= 0.6 is 24.8 Å². The number of carbonyl (C=O) groups is 1. The number of hydrogen-bond acceptors (Lipinski definition) is 5. The summed E-state index contributed by atoms with van der Waals surface area (Å²) in [6.07, 6.45) is 0. The fourth-order valence-corrected chi connectivity index (χ4v) is 3.78. The summed E-state index contributed by atoms with van der Waals surface area (Å²) in [6, 6.07) is 15.6. The lowest BCUT2D eigenvalue weighted by atomic mass is 10.0. The van der Waals surface area contributed by atoms with Gasteiger partial charge < -0.3 is 19.7 Å². The Balaban J connectivity index is 0.00000171. The minimum atomic E-state index is 0. The number of aromatic nitrogens is 1. The number of para-hydroxylation sites is 1. The Bertz CT molecular complexity index is 1060. The fraction of sp³-hybridized carbons (Fsp3) is 0.304. The van der Waals surface area contributed by atoms with E-state index in [1.807, 2.05) is 53.4 Å². The van der Waals surface area contributed by atoms with E-state index < -0.39 is 0 Å². The number of benzene rings is 2. The van der Waals surface area contributed by atoms with Gasteiger partial charge in [0.2, 0.25) is 0 Å². The molecule has 1 atom stereocenters. The van der Waals surface area contributed by atoms with Crippen molar-refractivity contribution >= 4 is 41.6 Å². The Hall–Kier alpha value is -2.54. The van der Waals surface area contributed by atoms with Crippen LogP contribution in [0.4, 0.5) is 0 Å². The molecule has 0 aliphatic carbocycles. The molecule has 2 heterocycles. The maximum Gasteiger partial charge on any atom is 0.254 e. The molecule has 0 spiro atoms. The Morgan fingerprint density at radius 1 is 1.06 bits per heavy atom. The third kappa shape index (κ3) is 5.03. The molecule has 1 aromatic heterocycles. The topological polar surface area (TPSA) is 63.7 Å². The Morgan fingerprint density at radius 2 is 1.81 bits per heavy atom. The van der Waals surface area contributed by atoms with Gasteiger partial charge in [-0.3, -0.25) is 4.79 Å². The van der Waals surface area contributed by atoms with E-state index in [2.05, 4.69) is 12.2 Å². The number of nitrogens with one attached hydrogen (secondary N) is 1. The van der Waals surface area contributed by atoms with Crippen molar-refractivity contribution in [3.8, 4) is 22.8 Å². The van der Waals surface area contributed by atoms with E-state index in [0.717, 1.165) is 28.7 Å². The molecule has 166 valence electrons. The number of hydrogen-bond donors (Lipinski definition) is 1. The molecule has 0 saturated carbocycles. The third-order valence-corrected chi connectivity index (χ3v) is 5.28. The smallest absolute Gasteiger partial charge is 0.254 e. The van der Waals surface area contributed by atoms with Crippen LogP contribution in [0.1, 0.15) is 17.3 Å². The molecule has 1 unspecified atom stereocenters. The van der Waals surface area contributed by atoms with Crippen LogP contribution in [0, 0.1) is 0 Å². The quantitative estimate of drug-likeness (QED) is 0.627. The molecule has 4 rings (SSSR count). The molecule has 8 heteroatoms. The van der Waals surface area contributed by atoms with Crippen LogP contribution in [0.5, 0.6) is 11.5 Å². The zero-order valence-electron chi connectivity index (χ0n) is 17.8. The van der Waals surface area contributed by atoms with E-state index in [-0.39, 0.29) is 36.8 Å². The summed E-state index contributed by atoms with van der Waals surface area (Å²) < 4.78 is 10.8. The summed E-state index contributed by atoms with van der Waals surface area (Å²) in [4.78, 5) is 20.1. The molecule has 3 aromatic rings. The van der Waals surface area contributed by atoms with Gasteiger partial charge in [-0.05, 0) is 37.3 Å². The van der Waals surface area contributed by atoms with Crippen molar-refractivity contribution in [2.75, 3.05) is 33.9 Å². The molecule has 1 fully saturated rings. The van der Waals surface area contributed by atoms with E-state index in [4.69, 9.17) is 14.5 Å². The van der Waals surface area contributed by atoms with E-state index >= 15 is 0 Å². The highest BCUT2D eigenvalue weighted by Crippen LogP contribution is 2.33. The van der Waals surface area contributed by atoms with Crippen LogP contribution in [0.15, 0.2) is 48.5 Å². The van der Waals surface area contributed by atoms with Gasteiger partial charge in [0.1, 0.15) is 0 Å². The van der Waals surface area contributed by atoms with E-state index in [9.17, 15) is 4.79 Å². The highest BCUT2D eigenvalue weighted by molar-refractivity contribution is 6.07. The van der Waals surface area contributed by atoms with Crippen molar-refractivity contribution in [2.24, 2.45) is 0 Å². The van der Waals surface area contributed by atoms with E-state index in [1.165, 1.54) is 0 Å². The number of pyridine rings is 1. The van der Waals surface area contributed by atoms with Gasteiger partial charge in [0.25, 0.3) is 5.91 Å². The predicted octanol–water partition coefficient (Wildman–Crippen LogP) is 4.20. The molecule has 2 aromatic carbocycles. The highest BCUT2D eigenvalue weighted by Gasteiger charge is 2.24. The van der Waals surface area contributed by atoms with Crippen molar-refractivity contribution in [1.29, 1.82) is 0 Å². The maximum absolute atomic E-state index is 13.4. The van der Waals surface area contributed by atoms with Crippen LogP contribution in [0.3, 0.4) is 0 Å². The fourth-order valence-electron chi connectivity index (χ4n) is 3.78. The molecule has 1 aliphatic heterocycles. The summed E-state index contributed by atoms with van der Waals surface area (Å²) in [6.45, 7) is 4.30. The zero-order valence-corrected chi connectivity index (χ0v) is 19.4. The summed E-state index contributed by atoms with van der Waals surface area (Å²) in [5.74, 6) is 1.32. The Labute approximate surface area is 194 Å². The molecule has 1 aliphatic rings. The second-order valence-electron chi connectivity index (χ2n) is 7.25. The lowest BCUT2D eigenvalue weighted by molar-refractivity contribution is 0.0711. The first kappa shape index (κ1) is 24.7. The largest absolute Gasteiger partial charge is 0.493 e. The molecule has 0 bridgehead atoms. The lowest BCUT2D eigenvalue weighted by Crippen LogP contribution is -2.51. The van der Waals surface area contributed by atoms with Crippen molar-refractivity contribution in [2.45, 2.75) is 13.0 Å². The van der Waals surface area contributed by atoms with Gasteiger partial charge in [-0.1, -0.05) is 18.2 Å². The van der Waals surface area contributed by atoms with Gasteiger partial charge in [-0.15, -0.1) is 24.8 Å². The second-order valence-corrected chi connectivity index (χ2v) is 7.25. The second kappa shape index (κ2) is 10.7. The standard InChI is InChI=1S/C23H25N3O3.2ClH/c1-15-14-26(11-10-24-15)23(27)18-13-20(25-19-7-5-4-6-17(18)19)16-8-9-21(28-2)22(12-16)29-3;;/h4-9,12-13,15,24H,10-11,14H2,1-3H3;2*1H. The molecule has 0 radical (unpaired) electrons. The van der Waals surface area contributed by atoms with E-state index in [1.54, 1.807) is 14.2 Å². The lowest BCUT2D eigenvalue weighted by Gasteiger charge is -2.32. The van der Waals surface area contributed by atoms with Crippen molar-refractivity contribution < 1.29 is 14.3 Å². The minimum Gasteiger partial charge on any atom is -0.493 e. The van der Waals surface area contributed by atoms with Gasteiger partial charge in [-0.25, -0.2) is 4.98 Å². The number of amides is 1. The highest BCUT2D eigenvalue weighted by atomic mass is 35.5. The summed E-state index contributed by atoms with van der Waals surface area (Å²) in [5.41, 5.74) is 3.08. The summed E-state index contributed by atoms with van der Waals surface area (Å²) >= 11 is 0. The first-order valence-electron chi connectivity index (χ1n) is 9.75. The molecule has 6 nitrogen and oxygen atoms in total. The first-order chi connectivity index (χ1) is 14.1. The van der Waals surface area contributed by atoms with Gasteiger partial charge in [0.15, 0.2) is 11.5 Å². The predicted molar refractivity (Wildman–Crippen MR) is 128 cm³/mol. The van der Waals surface area contributed by atoms with Gasteiger partial charge in [0, 0.05) is 36.6 Å². The first-order valence-corrected chi connectivity index (χ1v) is 9.75. The number of carbonyl (C=O) groups excluding carboxylic acids is 1. The molecule has 1 saturated heterocycles. The number of ether oxygens (including phenoxy) is 2. The normalized spacial score (nSPS) is 15.6. The SMILES string of the molecule is COc1ccc(-c2cc(C(=O)N3CCNC(C)C3)c3ccccc3n2)cc1OC.Cl.Cl. The summed E-state index contributed by atoms with van der Waals surface area (Å²) in [5, 5.41) is 4.25. The van der Waals surface area contributed by atoms with Crippen molar-refractivity contribution in [3.05, 3.63) is 54.1 Å². The number of halogens is 2. The Morgan fingerprint density at radius 3 is 2.52 bits per heavy atom. The van der Waals surface area contributed by atoms with Crippen LogP contribution in [-0.4, -0.2) is 55.7 Å². The van der Waals surface area contributed by atoms with Crippen molar-refractivity contribution in [1.82, 2.24) is 15.2 Å². The monoisotopic (exact) mass is 463 g/mol. The minimum absolute atomic E-state index is 0. The van der Waals surface area contributed by atoms with Crippen LogP contribution in [-0.2, 0) is 0 Å². The average molecular weight is 464 g/mol. The number of methoxy groups -OCH3 is 2. The average Bonchev–Trinajstić information content (AvgIpc) is 2.77. The number of nitrogens with zero attached hydrogens (tertiary/aromatic N) is 2. The van der Waals surface area contributed by atoms with Gasteiger partial charge in [-0.2, -0.15) is 0 Å². The van der Waals surface area contributed by atoms with Gasteiger partial charge in [0.05, 0.1) is 31.0 Å².